The summed E-state index contributed by atoms with van der Waals surface area (Å²) in [5.74, 6) is -1.57. The van der Waals surface area contributed by atoms with E-state index in [1.807, 2.05) is 45.9 Å². The Kier molecular flexibility index (Phi) is 6.25. The van der Waals surface area contributed by atoms with Gasteiger partial charge in [-0.15, -0.1) is 0 Å². The van der Waals surface area contributed by atoms with Crippen LogP contribution in [0.1, 0.15) is 90.8 Å². The van der Waals surface area contributed by atoms with Crippen molar-refractivity contribution in [1.82, 2.24) is 0 Å². The maximum absolute atomic E-state index is 13.4. The predicted octanol–water partition coefficient (Wildman–Crippen LogP) is 5.07. The van der Waals surface area contributed by atoms with Crippen LogP contribution in [0.5, 0.6) is 0 Å². The molecular weight excluding hydrogens is 390 g/mol. The minimum atomic E-state index is -0.740. The third kappa shape index (κ3) is 4.09. The Morgan fingerprint density at radius 2 is 1.32 bits per heavy atom. The second kappa shape index (κ2) is 8.58. The number of carbonyl (C=O) groups excluding carboxylic acids is 4. The molecule has 0 aromatic heterocycles. The highest BCUT2D eigenvalue weighted by molar-refractivity contribution is 6.35. The van der Waals surface area contributed by atoms with Crippen molar-refractivity contribution in [2.24, 2.45) is 5.92 Å². The molecule has 2 aromatic carbocycles. The van der Waals surface area contributed by atoms with E-state index in [-0.39, 0.29) is 41.6 Å². The van der Waals surface area contributed by atoms with Crippen molar-refractivity contribution in [2.75, 3.05) is 4.90 Å². The van der Waals surface area contributed by atoms with E-state index in [9.17, 15) is 19.2 Å². The van der Waals surface area contributed by atoms with Gasteiger partial charge in [0.2, 0.25) is 0 Å². The summed E-state index contributed by atoms with van der Waals surface area (Å²) in [5, 5.41) is 0. The fourth-order valence-corrected chi connectivity index (χ4v) is 4.20. The van der Waals surface area contributed by atoms with Crippen LogP contribution in [-0.2, 0) is 16.0 Å². The van der Waals surface area contributed by atoms with E-state index in [0.29, 0.717) is 22.4 Å². The molecule has 0 aliphatic carbocycles. The maximum Gasteiger partial charge on any atom is 0.266 e. The van der Waals surface area contributed by atoms with E-state index < -0.39 is 5.92 Å². The lowest BCUT2D eigenvalue weighted by Crippen LogP contribution is -2.31. The van der Waals surface area contributed by atoms with Crippen LogP contribution in [0.15, 0.2) is 36.4 Å². The van der Waals surface area contributed by atoms with Gasteiger partial charge in [0.25, 0.3) is 11.8 Å². The van der Waals surface area contributed by atoms with E-state index in [0.717, 1.165) is 11.1 Å². The zero-order chi connectivity index (χ0) is 23.0. The van der Waals surface area contributed by atoms with Gasteiger partial charge in [0.1, 0.15) is 11.6 Å². The van der Waals surface area contributed by atoms with Gasteiger partial charge in [-0.3, -0.25) is 19.2 Å². The van der Waals surface area contributed by atoms with Crippen LogP contribution in [0.3, 0.4) is 0 Å². The second-order valence-electron chi connectivity index (χ2n) is 8.90. The molecule has 1 heterocycles. The van der Waals surface area contributed by atoms with Crippen molar-refractivity contribution in [3.8, 4) is 0 Å². The van der Waals surface area contributed by atoms with Crippen LogP contribution < -0.4 is 4.90 Å². The molecule has 0 saturated heterocycles. The molecule has 0 radical (unpaired) electrons. The minimum absolute atomic E-state index is 0.139. The molecule has 0 saturated carbocycles. The zero-order valence-electron chi connectivity index (χ0n) is 19.0. The smallest absolute Gasteiger partial charge is 0.266 e. The summed E-state index contributed by atoms with van der Waals surface area (Å²) in [7, 11) is 0. The summed E-state index contributed by atoms with van der Waals surface area (Å²) in [5.41, 5.74) is 3.94. The molecule has 31 heavy (non-hydrogen) atoms. The Hall–Kier alpha value is -3.08. The van der Waals surface area contributed by atoms with Crippen molar-refractivity contribution in [1.29, 1.82) is 0 Å². The molecule has 5 heteroatoms. The van der Waals surface area contributed by atoms with Crippen LogP contribution in [-0.4, -0.2) is 23.4 Å². The van der Waals surface area contributed by atoms with Gasteiger partial charge >= 0.3 is 0 Å². The summed E-state index contributed by atoms with van der Waals surface area (Å²) < 4.78 is 0. The molecule has 162 valence electrons. The average Bonchev–Trinajstić information content (AvgIpc) is 2.94. The van der Waals surface area contributed by atoms with Crippen molar-refractivity contribution in [2.45, 2.75) is 59.8 Å². The number of nitrogens with zero attached hydrogens (tertiary/aromatic N) is 1. The van der Waals surface area contributed by atoms with Crippen molar-refractivity contribution in [3.05, 3.63) is 64.2 Å². The Balaban J connectivity index is 2.08. The number of carbonyl (C=O) groups is 4. The van der Waals surface area contributed by atoms with Crippen molar-refractivity contribution < 1.29 is 19.2 Å². The molecule has 0 fully saturated rings. The van der Waals surface area contributed by atoms with Crippen LogP contribution in [0.25, 0.3) is 0 Å². The highest BCUT2D eigenvalue weighted by Crippen LogP contribution is 2.39. The standard InChI is InChI=1S/C26H29NO4/c1-14(2)19-8-7-9-20(15(3)4)24(19)27-25(30)21-11-10-18(13-23(21)26(27)31)12-22(16(5)28)17(6)29/h7-11,13-15,22H,12H2,1-6H3. The molecule has 1 aliphatic rings. The van der Waals surface area contributed by atoms with E-state index >= 15 is 0 Å². The second-order valence-corrected chi connectivity index (χ2v) is 8.90. The lowest BCUT2D eigenvalue weighted by molar-refractivity contribution is -0.130. The number of hydrogen-bond donors (Lipinski definition) is 0. The maximum atomic E-state index is 13.4. The van der Waals surface area contributed by atoms with Crippen LogP contribution in [0, 0.1) is 5.92 Å². The number of Topliss-reactive ketones (excluding diaryl/α,β-unsaturated/α-hetero) is 2. The first kappa shape index (κ1) is 22.6. The summed E-state index contributed by atoms with van der Waals surface area (Å²) in [4.78, 5) is 51.7. The topological polar surface area (TPSA) is 71.5 Å². The molecular formula is C26H29NO4. The first-order valence-corrected chi connectivity index (χ1v) is 10.7. The monoisotopic (exact) mass is 419 g/mol. The third-order valence-corrected chi connectivity index (χ3v) is 5.94. The number of anilines is 1. The molecule has 3 rings (SSSR count). The lowest BCUT2D eigenvalue weighted by Gasteiger charge is -2.25. The SMILES string of the molecule is CC(=O)C(Cc1ccc2c(c1)C(=O)N(c1c(C(C)C)cccc1C(C)C)C2=O)C(C)=O. The molecule has 5 nitrogen and oxygen atoms in total. The lowest BCUT2D eigenvalue weighted by atomic mass is 9.91. The molecule has 0 N–H and O–H groups in total. The quantitative estimate of drug-likeness (QED) is 0.464. The van der Waals surface area contributed by atoms with Crippen molar-refractivity contribution >= 4 is 29.1 Å². The van der Waals surface area contributed by atoms with Gasteiger partial charge in [-0.25, -0.2) is 4.90 Å². The molecule has 0 atom stereocenters. The van der Waals surface area contributed by atoms with Crippen LogP contribution in [0.4, 0.5) is 5.69 Å². The molecule has 1 aliphatic heterocycles. The number of fused-ring (bicyclic) bond motifs is 1. The van der Waals surface area contributed by atoms with Crippen molar-refractivity contribution in [3.63, 3.8) is 0 Å². The van der Waals surface area contributed by atoms with Gasteiger partial charge in [0.05, 0.1) is 22.7 Å². The van der Waals surface area contributed by atoms with Gasteiger partial charge in [0.15, 0.2) is 0 Å². The fourth-order valence-electron chi connectivity index (χ4n) is 4.20. The molecule has 0 unspecified atom stereocenters. The Labute approximate surface area is 183 Å². The number of amides is 2. The number of ketones is 2. The van der Waals surface area contributed by atoms with E-state index in [4.69, 9.17) is 0 Å². The minimum Gasteiger partial charge on any atom is -0.299 e. The van der Waals surface area contributed by atoms with E-state index in [2.05, 4.69) is 0 Å². The zero-order valence-corrected chi connectivity index (χ0v) is 19.0. The highest BCUT2D eigenvalue weighted by atomic mass is 16.2. The van der Waals surface area contributed by atoms with Crippen LogP contribution in [0.2, 0.25) is 0 Å². The van der Waals surface area contributed by atoms with Gasteiger partial charge in [-0.2, -0.15) is 0 Å². The number of hydrogen-bond acceptors (Lipinski definition) is 4. The Bertz CT molecular complexity index is 1040. The fraction of sp³-hybridized carbons (Fsp3) is 0.385. The highest BCUT2D eigenvalue weighted by Gasteiger charge is 2.39. The van der Waals surface area contributed by atoms with Gasteiger partial charge in [-0.1, -0.05) is 52.0 Å². The van der Waals surface area contributed by atoms with Crippen LogP contribution >= 0.6 is 0 Å². The molecule has 2 amide bonds. The normalized spacial score (nSPS) is 13.5. The first-order chi connectivity index (χ1) is 14.5. The first-order valence-electron chi connectivity index (χ1n) is 10.7. The van der Waals surface area contributed by atoms with E-state index in [1.54, 1.807) is 18.2 Å². The summed E-state index contributed by atoms with van der Waals surface area (Å²) in [6.45, 7) is 11.0. The largest absolute Gasteiger partial charge is 0.299 e. The average molecular weight is 420 g/mol. The molecule has 0 spiro atoms. The molecule has 2 aromatic rings. The number of rotatable bonds is 7. The number of benzene rings is 2. The van der Waals surface area contributed by atoms with E-state index in [1.165, 1.54) is 18.7 Å². The van der Waals surface area contributed by atoms with Gasteiger partial charge < -0.3 is 0 Å². The summed E-state index contributed by atoms with van der Waals surface area (Å²) >= 11 is 0. The summed E-state index contributed by atoms with van der Waals surface area (Å²) in [6.07, 6.45) is 0.221. The Morgan fingerprint density at radius 3 is 1.81 bits per heavy atom. The predicted molar refractivity (Wildman–Crippen MR) is 121 cm³/mol. The van der Waals surface area contributed by atoms with Gasteiger partial charge in [0, 0.05) is 0 Å². The Morgan fingerprint density at radius 1 is 0.806 bits per heavy atom. The third-order valence-electron chi connectivity index (χ3n) is 5.94. The molecule has 0 bridgehead atoms. The van der Waals surface area contributed by atoms with Gasteiger partial charge in [-0.05, 0) is 60.9 Å². The number of imide groups is 1. The summed E-state index contributed by atoms with van der Waals surface area (Å²) in [6, 6.07) is 10.9. The number of para-hydroxylation sites is 1.